The molecule has 0 aliphatic carbocycles. The summed E-state index contributed by atoms with van der Waals surface area (Å²) in [4.78, 5) is 0. The lowest BCUT2D eigenvalue weighted by Gasteiger charge is -2.05. The van der Waals surface area contributed by atoms with Gasteiger partial charge in [-0.15, -0.1) is 0 Å². The molecule has 0 aliphatic heterocycles. The van der Waals surface area contributed by atoms with Crippen LogP contribution >= 0.6 is 7.78 Å². The molecule has 8 heteroatoms. The van der Waals surface area contributed by atoms with Crippen molar-refractivity contribution in [3.05, 3.63) is 0 Å². The lowest BCUT2D eigenvalue weighted by molar-refractivity contribution is -0.0411. The van der Waals surface area contributed by atoms with Gasteiger partial charge in [-0.05, 0) is 0 Å². The Morgan fingerprint density at radius 3 is 2.09 bits per heavy atom. The number of halogens is 3. The molecule has 1 atom stereocenters. The minimum Gasteiger partial charge on any atom is -0.396 e. The van der Waals surface area contributed by atoms with Crippen LogP contribution in [0.3, 0.4) is 0 Å². The van der Waals surface area contributed by atoms with Gasteiger partial charge in [-0.2, -0.15) is 13.2 Å². The fraction of sp³-hybridized carbons (Fsp3) is 1.00. The molecule has 3 nitrogen and oxygen atoms in total. The van der Waals surface area contributed by atoms with Gasteiger partial charge in [-0.1, -0.05) is 0 Å². The zero-order valence-corrected chi connectivity index (χ0v) is 7.04. The molecule has 11 heavy (non-hydrogen) atoms. The first-order valence-electron chi connectivity index (χ1n) is 2.48. The molecule has 0 aromatic rings. The van der Waals surface area contributed by atoms with Gasteiger partial charge in [0.2, 0.25) is 0 Å². The quantitative estimate of drug-likeness (QED) is 0.690. The van der Waals surface area contributed by atoms with Crippen molar-refractivity contribution in [2.24, 2.45) is 0 Å². The SMILES string of the molecule is O=S(=O)(PCCO)C(F)(F)F. The van der Waals surface area contributed by atoms with Gasteiger partial charge >= 0.3 is 5.51 Å². The maximum Gasteiger partial charge on any atom is 0.500 e. The van der Waals surface area contributed by atoms with Crippen LogP contribution in [0.2, 0.25) is 0 Å². The van der Waals surface area contributed by atoms with E-state index in [2.05, 4.69) is 0 Å². The summed E-state index contributed by atoms with van der Waals surface area (Å²) in [6.45, 7) is -0.548. The summed E-state index contributed by atoms with van der Waals surface area (Å²) in [5.74, 6) is 0. The van der Waals surface area contributed by atoms with Gasteiger partial charge in [0, 0.05) is 20.6 Å². The van der Waals surface area contributed by atoms with E-state index in [4.69, 9.17) is 5.11 Å². The number of rotatable bonds is 3. The zero-order valence-electron chi connectivity index (χ0n) is 5.22. The van der Waals surface area contributed by atoms with Crippen LogP contribution in [-0.2, 0) is 9.46 Å². The van der Waals surface area contributed by atoms with Crippen molar-refractivity contribution in [1.82, 2.24) is 0 Å². The van der Waals surface area contributed by atoms with Gasteiger partial charge in [-0.25, -0.2) is 8.42 Å². The topological polar surface area (TPSA) is 54.4 Å². The maximum atomic E-state index is 11.5. The first-order chi connectivity index (χ1) is 4.81. The predicted octanol–water partition coefficient (Wildman–Crippen LogP) is 0.507. The molecular weight excluding hydrogens is 204 g/mol. The Hall–Kier alpha value is 0.130. The van der Waals surface area contributed by atoms with E-state index in [-0.39, 0.29) is 6.16 Å². The minimum absolute atomic E-state index is 0.359. The number of hydrogen-bond acceptors (Lipinski definition) is 3. The third kappa shape index (κ3) is 3.35. The monoisotopic (exact) mass is 210 g/mol. The molecule has 0 aromatic carbocycles. The summed E-state index contributed by atoms with van der Waals surface area (Å²) < 4.78 is 54.9. The Morgan fingerprint density at radius 1 is 1.36 bits per heavy atom. The molecule has 0 aliphatic rings. The van der Waals surface area contributed by atoms with Crippen molar-refractivity contribution in [1.29, 1.82) is 0 Å². The first kappa shape index (κ1) is 11.1. The number of aliphatic hydroxyl groups is 1. The van der Waals surface area contributed by atoms with Crippen molar-refractivity contribution in [3.8, 4) is 0 Å². The van der Waals surface area contributed by atoms with Gasteiger partial charge < -0.3 is 5.11 Å². The summed E-state index contributed by atoms with van der Waals surface area (Å²) in [5, 5.41) is 8.07. The highest BCUT2D eigenvalue weighted by Gasteiger charge is 2.44. The number of aliphatic hydroxyl groups excluding tert-OH is 1. The molecule has 0 spiro atoms. The minimum atomic E-state index is -5.18. The number of alkyl halides is 3. The van der Waals surface area contributed by atoms with E-state index in [1.165, 1.54) is 0 Å². The largest absolute Gasteiger partial charge is 0.500 e. The summed E-state index contributed by atoms with van der Waals surface area (Å²) in [6.07, 6.45) is -0.359. The molecule has 0 aromatic heterocycles. The van der Waals surface area contributed by atoms with Crippen molar-refractivity contribution in [2.75, 3.05) is 12.8 Å². The second-order valence-electron chi connectivity index (χ2n) is 1.57. The second-order valence-corrected chi connectivity index (χ2v) is 6.30. The molecule has 0 saturated carbocycles. The van der Waals surface area contributed by atoms with E-state index < -0.39 is 29.4 Å². The summed E-state index contributed by atoms with van der Waals surface area (Å²) in [6, 6.07) is 0. The van der Waals surface area contributed by atoms with Crippen molar-refractivity contribution < 1.29 is 26.7 Å². The van der Waals surface area contributed by atoms with Crippen LogP contribution in [0.5, 0.6) is 0 Å². The van der Waals surface area contributed by atoms with E-state index in [0.717, 1.165) is 0 Å². The van der Waals surface area contributed by atoms with Crippen LogP contribution in [0.25, 0.3) is 0 Å². The Kier molecular flexibility index (Phi) is 3.73. The molecule has 0 amide bonds. The average Bonchev–Trinajstić information content (AvgIpc) is 1.81. The lowest BCUT2D eigenvalue weighted by Crippen LogP contribution is -2.18. The van der Waals surface area contributed by atoms with Crippen molar-refractivity contribution in [2.45, 2.75) is 5.51 Å². The van der Waals surface area contributed by atoms with Gasteiger partial charge in [0.25, 0.3) is 9.46 Å². The molecule has 0 heterocycles. The smallest absolute Gasteiger partial charge is 0.396 e. The maximum absolute atomic E-state index is 11.5. The van der Waals surface area contributed by atoms with E-state index >= 15 is 0 Å². The molecule has 0 bridgehead atoms. The van der Waals surface area contributed by atoms with E-state index in [1.54, 1.807) is 0 Å². The zero-order chi connectivity index (χ0) is 9.12. The van der Waals surface area contributed by atoms with Crippen LogP contribution in [-0.4, -0.2) is 31.8 Å². The van der Waals surface area contributed by atoms with E-state index in [9.17, 15) is 21.6 Å². The standard InChI is InChI=1S/C3H6F3O3PS/c4-3(5,6)11(8,9)10-2-1-7/h7,10H,1-2H2. The molecule has 68 valence electrons. The van der Waals surface area contributed by atoms with Crippen molar-refractivity contribution >= 4 is 17.2 Å². The first-order valence-corrected chi connectivity index (χ1v) is 5.89. The molecule has 0 fully saturated rings. The molecule has 0 rings (SSSR count). The fourth-order valence-electron chi connectivity index (χ4n) is 0.262. The Labute approximate surface area is 63.0 Å². The summed E-state index contributed by atoms with van der Waals surface area (Å²) >= 11 is 0. The van der Waals surface area contributed by atoms with E-state index in [0.29, 0.717) is 0 Å². The molecule has 0 radical (unpaired) electrons. The molecule has 1 N–H and O–H groups in total. The Balaban J connectivity index is 4.26. The summed E-state index contributed by atoms with van der Waals surface area (Å²) in [7, 11) is -6.28. The third-order valence-corrected chi connectivity index (χ3v) is 4.57. The highest BCUT2D eigenvalue weighted by Crippen LogP contribution is 2.36. The van der Waals surface area contributed by atoms with Crippen molar-refractivity contribution in [3.63, 3.8) is 0 Å². The van der Waals surface area contributed by atoms with E-state index in [1.807, 2.05) is 0 Å². The third-order valence-electron chi connectivity index (χ3n) is 0.709. The van der Waals surface area contributed by atoms with Crippen LogP contribution in [0.4, 0.5) is 13.2 Å². The summed E-state index contributed by atoms with van der Waals surface area (Å²) in [5.41, 5.74) is -5.18. The van der Waals surface area contributed by atoms with Crippen LogP contribution in [0.15, 0.2) is 0 Å². The molecular formula is C3H6F3O3PS. The molecule has 1 unspecified atom stereocenters. The fourth-order valence-corrected chi connectivity index (χ4v) is 2.36. The lowest BCUT2D eigenvalue weighted by atomic mass is 10.9. The van der Waals surface area contributed by atoms with Gasteiger partial charge in [0.05, 0.1) is 0 Å². The average molecular weight is 210 g/mol. The van der Waals surface area contributed by atoms with Gasteiger partial charge in [0.1, 0.15) is 0 Å². The van der Waals surface area contributed by atoms with Crippen LogP contribution < -0.4 is 0 Å². The second kappa shape index (κ2) is 3.69. The Morgan fingerprint density at radius 2 is 1.82 bits per heavy atom. The highest BCUT2D eigenvalue weighted by atomic mass is 32.8. The van der Waals surface area contributed by atoms with Gasteiger partial charge in [0.15, 0.2) is 0 Å². The number of hydrogen-bond donors (Lipinski definition) is 1. The normalized spacial score (nSPS) is 14.5. The highest BCUT2D eigenvalue weighted by molar-refractivity contribution is 8.44. The Bertz CT molecular complexity index is 208. The van der Waals surface area contributed by atoms with Crippen LogP contribution in [0.1, 0.15) is 0 Å². The molecule has 0 saturated heterocycles. The predicted molar refractivity (Wildman–Crippen MR) is 35.2 cm³/mol. The van der Waals surface area contributed by atoms with Crippen LogP contribution in [0, 0.1) is 0 Å². The van der Waals surface area contributed by atoms with Gasteiger partial charge in [-0.3, -0.25) is 0 Å².